The highest BCUT2D eigenvalue weighted by atomic mass is 16.1. The van der Waals surface area contributed by atoms with Crippen LogP contribution in [-0.4, -0.2) is 5.91 Å². The van der Waals surface area contributed by atoms with E-state index in [2.05, 4.69) is 20.8 Å². The first-order chi connectivity index (χ1) is 5.98. The molecule has 0 aromatic rings. The number of amides is 1. The van der Waals surface area contributed by atoms with Crippen LogP contribution in [-0.2, 0) is 4.79 Å². The lowest BCUT2D eigenvalue weighted by Gasteiger charge is -2.19. The molecule has 2 N–H and O–H groups in total. The molecule has 0 aromatic heterocycles. The van der Waals surface area contributed by atoms with Gasteiger partial charge in [0.2, 0.25) is 5.91 Å². The lowest BCUT2D eigenvalue weighted by molar-refractivity contribution is -0.113. The smallest absolute Gasteiger partial charge is 0.241 e. The van der Waals surface area contributed by atoms with Gasteiger partial charge in [-0.25, -0.2) is 0 Å². The van der Waals surface area contributed by atoms with Gasteiger partial charge >= 0.3 is 0 Å². The van der Waals surface area contributed by atoms with Crippen molar-refractivity contribution in [1.29, 1.82) is 0 Å². The topological polar surface area (TPSA) is 43.1 Å². The van der Waals surface area contributed by atoms with Crippen molar-refractivity contribution < 1.29 is 4.79 Å². The van der Waals surface area contributed by atoms with E-state index < -0.39 is 0 Å². The van der Waals surface area contributed by atoms with E-state index in [-0.39, 0.29) is 11.3 Å². The van der Waals surface area contributed by atoms with E-state index in [1.54, 1.807) is 0 Å². The van der Waals surface area contributed by atoms with E-state index in [1.165, 1.54) is 25.3 Å². The molecule has 0 aliphatic rings. The molecule has 2 heteroatoms. The van der Waals surface area contributed by atoms with Crippen LogP contribution in [0.25, 0.3) is 0 Å². The molecule has 2 nitrogen and oxygen atoms in total. The largest absolute Gasteiger partial charge is 0.366 e. The molecule has 0 saturated carbocycles. The maximum absolute atomic E-state index is 10.5. The first-order valence-electron chi connectivity index (χ1n) is 4.96. The number of primary amides is 1. The van der Waals surface area contributed by atoms with Gasteiger partial charge in [-0.15, -0.1) is 0 Å². The van der Waals surface area contributed by atoms with Crippen LogP contribution in [0.5, 0.6) is 0 Å². The zero-order valence-electron chi connectivity index (χ0n) is 8.97. The number of carbonyl (C=O) groups is 1. The summed E-state index contributed by atoms with van der Waals surface area (Å²) in [5.41, 5.74) is 5.13. The summed E-state index contributed by atoms with van der Waals surface area (Å²) in [6, 6.07) is 0. The Balaban J connectivity index is 3.85. The minimum atomic E-state index is -0.358. The van der Waals surface area contributed by atoms with Crippen molar-refractivity contribution in [2.75, 3.05) is 0 Å². The van der Waals surface area contributed by atoms with Crippen LogP contribution in [0.4, 0.5) is 0 Å². The number of allylic oxidation sites excluding steroid dienone is 1. The minimum absolute atomic E-state index is 0.101. The summed E-state index contributed by atoms with van der Waals surface area (Å²) < 4.78 is 0. The average molecular weight is 183 g/mol. The van der Waals surface area contributed by atoms with Crippen LogP contribution in [0.3, 0.4) is 0 Å². The Morgan fingerprint density at radius 1 is 1.38 bits per heavy atom. The van der Waals surface area contributed by atoms with Crippen LogP contribution in [0.1, 0.15) is 46.5 Å². The first kappa shape index (κ1) is 12.2. The highest BCUT2D eigenvalue weighted by Gasteiger charge is 2.12. The van der Waals surface area contributed by atoms with Gasteiger partial charge in [0, 0.05) is 0 Å². The van der Waals surface area contributed by atoms with E-state index in [0.29, 0.717) is 0 Å². The molecule has 1 amide bonds. The van der Waals surface area contributed by atoms with Gasteiger partial charge in [-0.3, -0.25) is 4.79 Å². The van der Waals surface area contributed by atoms with Crippen LogP contribution < -0.4 is 5.73 Å². The van der Waals surface area contributed by atoms with Crippen molar-refractivity contribution >= 4 is 5.91 Å². The molecule has 0 bridgehead atoms. The van der Waals surface area contributed by atoms with Gasteiger partial charge in [-0.05, 0) is 17.9 Å². The van der Waals surface area contributed by atoms with Gasteiger partial charge in [0.1, 0.15) is 0 Å². The summed E-state index contributed by atoms with van der Waals surface area (Å²) in [6.07, 6.45) is 8.19. The second-order valence-corrected chi connectivity index (χ2v) is 4.18. The third kappa shape index (κ3) is 7.57. The van der Waals surface area contributed by atoms with Gasteiger partial charge in [0.15, 0.2) is 0 Å². The Bertz CT molecular complexity index is 183. The van der Waals surface area contributed by atoms with Crippen molar-refractivity contribution in [2.24, 2.45) is 11.1 Å². The number of nitrogens with two attached hydrogens (primary N) is 1. The third-order valence-electron chi connectivity index (χ3n) is 2.12. The summed E-state index contributed by atoms with van der Waals surface area (Å²) in [7, 11) is 0. The van der Waals surface area contributed by atoms with Gasteiger partial charge in [-0.2, -0.15) is 0 Å². The monoisotopic (exact) mass is 183 g/mol. The summed E-state index contributed by atoms with van der Waals surface area (Å²) in [5.74, 6) is -0.358. The normalized spacial score (nSPS) is 12.2. The van der Waals surface area contributed by atoms with Crippen molar-refractivity contribution in [3.8, 4) is 0 Å². The average Bonchev–Trinajstić information content (AvgIpc) is 2.02. The van der Waals surface area contributed by atoms with Gasteiger partial charge < -0.3 is 5.73 Å². The molecule has 0 heterocycles. The fourth-order valence-electron chi connectivity index (χ4n) is 1.22. The summed E-state index contributed by atoms with van der Waals surface area (Å²) in [5, 5.41) is 0. The molecule has 0 radical (unpaired) electrons. The van der Waals surface area contributed by atoms with Gasteiger partial charge in [-0.1, -0.05) is 46.1 Å². The van der Waals surface area contributed by atoms with Gasteiger partial charge in [0.25, 0.3) is 0 Å². The highest BCUT2D eigenvalue weighted by Crippen LogP contribution is 2.24. The lowest BCUT2D eigenvalue weighted by atomic mass is 9.86. The van der Waals surface area contributed by atoms with E-state index in [1.807, 2.05) is 6.08 Å². The fourth-order valence-corrected chi connectivity index (χ4v) is 1.22. The van der Waals surface area contributed by atoms with Crippen molar-refractivity contribution in [3.05, 3.63) is 12.2 Å². The molecule has 0 aromatic carbocycles. The Morgan fingerprint density at radius 3 is 2.46 bits per heavy atom. The number of unbranched alkanes of at least 4 members (excludes halogenated alkanes) is 2. The van der Waals surface area contributed by atoms with E-state index in [0.717, 1.165) is 6.42 Å². The van der Waals surface area contributed by atoms with Crippen LogP contribution in [0, 0.1) is 5.41 Å². The Morgan fingerprint density at radius 2 is 2.00 bits per heavy atom. The highest BCUT2D eigenvalue weighted by molar-refractivity contribution is 5.85. The predicted octanol–water partition coefficient (Wildman–Crippen LogP) is 2.63. The number of hydrogen-bond acceptors (Lipinski definition) is 1. The molecule has 0 rings (SSSR count). The third-order valence-corrected chi connectivity index (χ3v) is 2.12. The fraction of sp³-hybridized carbons (Fsp3) is 0.727. The van der Waals surface area contributed by atoms with Crippen molar-refractivity contribution in [1.82, 2.24) is 0 Å². The molecule has 0 fully saturated rings. The molecule has 0 atom stereocenters. The van der Waals surface area contributed by atoms with Crippen LogP contribution in [0.15, 0.2) is 12.2 Å². The Kier molecular flexibility index (Phi) is 5.44. The summed E-state index contributed by atoms with van der Waals surface area (Å²) in [6.45, 7) is 6.44. The molecule has 0 saturated heterocycles. The van der Waals surface area contributed by atoms with Crippen LogP contribution >= 0.6 is 0 Å². The standard InChI is InChI=1S/C11H21NO/c1-4-5-6-8-11(2,3)9-7-10(12)13/h7,9H,4-6,8H2,1-3H3,(H2,12,13). The van der Waals surface area contributed by atoms with Crippen LogP contribution in [0.2, 0.25) is 0 Å². The Hall–Kier alpha value is -0.790. The maximum Gasteiger partial charge on any atom is 0.241 e. The molecule has 0 aliphatic carbocycles. The maximum atomic E-state index is 10.5. The number of carbonyl (C=O) groups excluding carboxylic acids is 1. The quantitative estimate of drug-likeness (QED) is 0.499. The molecule has 0 spiro atoms. The lowest BCUT2D eigenvalue weighted by Crippen LogP contribution is -2.11. The van der Waals surface area contributed by atoms with Crippen molar-refractivity contribution in [3.63, 3.8) is 0 Å². The predicted molar refractivity (Wildman–Crippen MR) is 56.3 cm³/mol. The number of rotatable bonds is 6. The molecule has 0 unspecified atom stereocenters. The summed E-state index contributed by atoms with van der Waals surface area (Å²) >= 11 is 0. The molecule has 76 valence electrons. The van der Waals surface area contributed by atoms with Gasteiger partial charge in [0.05, 0.1) is 0 Å². The Labute approximate surface area is 81.2 Å². The van der Waals surface area contributed by atoms with E-state index in [9.17, 15) is 4.79 Å². The van der Waals surface area contributed by atoms with E-state index in [4.69, 9.17) is 5.73 Å². The SMILES string of the molecule is CCCCCC(C)(C)C=CC(N)=O. The summed E-state index contributed by atoms with van der Waals surface area (Å²) in [4.78, 5) is 10.5. The molecular formula is C11H21NO. The number of hydrogen-bond donors (Lipinski definition) is 1. The van der Waals surface area contributed by atoms with Crippen molar-refractivity contribution in [2.45, 2.75) is 46.5 Å². The molecular weight excluding hydrogens is 162 g/mol. The second-order valence-electron chi connectivity index (χ2n) is 4.18. The molecule has 0 aliphatic heterocycles. The molecule has 13 heavy (non-hydrogen) atoms. The zero-order chi connectivity index (χ0) is 10.3. The van der Waals surface area contributed by atoms with E-state index >= 15 is 0 Å². The second kappa shape index (κ2) is 5.79. The first-order valence-corrected chi connectivity index (χ1v) is 4.96. The minimum Gasteiger partial charge on any atom is -0.366 e. The zero-order valence-corrected chi connectivity index (χ0v) is 8.97.